The van der Waals surface area contributed by atoms with E-state index in [0.717, 1.165) is 0 Å². The third-order valence-corrected chi connectivity index (χ3v) is 3.83. The van der Waals surface area contributed by atoms with Gasteiger partial charge in [0.25, 0.3) is 5.91 Å². The minimum atomic E-state index is -0.699. The van der Waals surface area contributed by atoms with Crippen LogP contribution in [0, 0.1) is 0 Å². The van der Waals surface area contributed by atoms with Crippen molar-refractivity contribution < 1.29 is 18.9 Å². The molecule has 1 aromatic heterocycles. The van der Waals surface area contributed by atoms with Crippen molar-refractivity contribution in [2.45, 2.75) is 38.9 Å². The van der Waals surface area contributed by atoms with Crippen LogP contribution in [0.5, 0.6) is 0 Å². The van der Waals surface area contributed by atoms with Crippen LogP contribution in [0.15, 0.2) is 12.1 Å². The van der Waals surface area contributed by atoms with E-state index >= 15 is 0 Å². The van der Waals surface area contributed by atoms with Crippen molar-refractivity contribution in [3.63, 3.8) is 0 Å². The van der Waals surface area contributed by atoms with Gasteiger partial charge in [0.15, 0.2) is 6.29 Å². The summed E-state index contributed by atoms with van der Waals surface area (Å²) < 4.78 is 11.7. The van der Waals surface area contributed by atoms with E-state index in [9.17, 15) is 9.59 Å². The van der Waals surface area contributed by atoms with Crippen molar-refractivity contribution >= 4 is 24.8 Å². The standard InChI is InChI=1S/C13H17BN2O4/c1-12(2)13(3,4)20-14(19-12)8-5-6-9(11(15)18)16-10(8)7-17/h5-7H,1-4H3,(H2,15,18). The van der Waals surface area contributed by atoms with Crippen LogP contribution in [0.4, 0.5) is 0 Å². The molecule has 7 heteroatoms. The molecule has 1 fully saturated rings. The van der Waals surface area contributed by atoms with Crippen LogP contribution in [0.1, 0.15) is 48.7 Å². The first-order valence-corrected chi connectivity index (χ1v) is 6.29. The van der Waals surface area contributed by atoms with E-state index in [1.54, 1.807) is 6.07 Å². The highest BCUT2D eigenvalue weighted by atomic mass is 16.7. The van der Waals surface area contributed by atoms with Gasteiger partial charge < -0.3 is 15.0 Å². The molecule has 0 bridgehead atoms. The second-order valence-electron chi connectivity index (χ2n) is 5.74. The molecule has 0 radical (unpaired) electrons. The van der Waals surface area contributed by atoms with Crippen LogP contribution in [-0.2, 0) is 9.31 Å². The van der Waals surface area contributed by atoms with Gasteiger partial charge in [-0.2, -0.15) is 0 Å². The third kappa shape index (κ3) is 2.34. The van der Waals surface area contributed by atoms with E-state index < -0.39 is 24.2 Å². The maximum absolute atomic E-state index is 11.2. The summed E-state index contributed by atoms with van der Waals surface area (Å²) in [6.45, 7) is 7.66. The quantitative estimate of drug-likeness (QED) is 0.633. The average Bonchev–Trinajstić information content (AvgIpc) is 2.57. The average molecular weight is 276 g/mol. The minimum absolute atomic E-state index is 0.0346. The van der Waals surface area contributed by atoms with Gasteiger partial charge in [-0.25, -0.2) is 4.98 Å². The molecule has 0 spiro atoms. The molecule has 20 heavy (non-hydrogen) atoms. The molecule has 0 aliphatic carbocycles. The second kappa shape index (κ2) is 4.68. The summed E-state index contributed by atoms with van der Waals surface area (Å²) in [7, 11) is -0.699. The number of nitrogens with two attached hydrogens (primary N) is 1. The number of nitrogens with zero attached hydrogens (tertiary/aromatic N) is 1. The first kappa shape index (κ1) is 14.7. The molecule has 0 saturated carbocycles. The van der Waals surface area contributed by atoms with E-state index in [1.165, 1.54) is 6.07 Å². The van der Waals surface area contributed by atoms with E-state index in [2.05, 4.69) is 4.98 Å². The fraction of sp³-hybridized carbons (Fsp3) is 0.462. The minimum Gasteiger partial charge on any atom is -0.399 e. The molecule has 2 heterocycles. The third-order valence-electron chi connectivity index (χ3n) is 3.83. The topological polar surface area (TPSA) is 91.5 Å². The molecule has 1 saturated heterocycles. The van der Waals surface area contributed by atoms with E-state index in [1.807, 2.05) is 27.7 Å². The summed E-state index contributed by atoms with van der Waals surface area (Å²) in [6, 6.07) is 3.04. The molecule has 0 atom stereocenters. The number of hydrogen-bond acceptors (Lipinski definition) is 5. The van der Waals surface area contributed by atoms with Crippen molar-refractivity contribution in [3.8, 4) is 0 Å². The molecule has 0 aromatic carbocycles. The Morgan fingerprint density at radius 2 is 1.80 bits per heavy atom. The molecule has 1 aliphatic heterocycles. The van der Waals surface area contributed by atoms with Gasteiger partial charge in [-0.3, -0.25) is 9.59 Å². The second-order valence-corrected chi connectivity index (χ2v) is 5.74. The Balaban J connectivity index is 2.40. The molecule has 1 aliphatic rings. The molecule has 2 N–H and O–H groups in total. The maximum atomic E-state index is 11.2. The van der Waals surface area contributed by atoms with E-state index in [-0.39, 0.29) is 11.4 Å². The van der Waals surface area contributed by atoms with Crippen molar-refractivity contribution in [1.29, 1.82) is 0 Å². The summed E-state index contributed by atoms with van der Waals surface area (Å²) in [6.07, 6.45) is 0.562. The smallest absolute Gasteiger partial charge is 0.399 e. The number of amides is 1. The Kier molecular flexibility index (Phi) is 3.43. The van der Waals surface area contributed by atoms with Gasteiger partial charge in [-0.05, 0) is 33.8 Å². The summed E-state index contributed by atoms with van der Waals surface area (Å²) in [5, 5.41) is 0. The highest BCUT2D eigenvalue weighted by Gasteiger charge is 2.52. The Bertz CT molecular complexity index is 555. The van der Waals surface area contributed by atoms with Crippen molar-refractivity contribution in [2.24, 2.45) is 5.73 Å². The Hall–Kier alpha value is -1.73. The van der Waals surface area contributed by atoms with Gasteiger partial charge in [0, 0.05) is 5.46 Å². The Morgan fingerprint density at radius 3 is 2.25 bits per heavy atom. The zero-order valence-electron chi connectivity index (χ0n) is 12.0. The lowest BCUT2D eigenvalue weighted by molar-refractivity contribution is 0.00578. The summed E-state index contributed by atoms with van der Waals surface area (Å²) >= 11 is 0. The number of rotatable bonds is 3. The van der Waals surface area contributed by atoms with Crippen molar-refractivity contribution in [2.75, 3.05) is 0 Å². The van der Waals surface area contributed by atoms with Crippen LogP contribution in [0.2, 0.25) is 0 Å². The number of hydrogen-bond donors (Lipinski definition) is 1. The SMILES string of the molecule is CC1(C)OB(c2ccc(C(N)=O)nc2C=O)OC1(C)C. The van der Waals surface area contributed by atoms with Crippen molar-refractivity contribution in [1.82, 2.24) is 4.98 Å². The number of aldehydes is 1. The predicted molar refractivity (Wildman–Crippen MR) is 73.9 cm³/mol. The molecular weight excluding hydrogens is 259 g/mol. The Labute approximate surface area is 117 Å². The summed E-state index contributed by atoms with van der Waals surface area (Å²) in [5.41, 5.74) is 4.74. The molecule has 2 rings (SSSR count). The van der Waals surface area contributed by atoms with Crippen LogP contribution in [-0.4, -0.2) is 35.5 Å². The van der Waals surface area contributed by atoms with Gasteiger partial charge in [0.05, 0.1) is 11.2 Å². The highest BCUT2D eigenvalue weighted by molar-refractivity contribution is 6.63. The largest absolute Gasteiger partial charge is 0.497 e. The monoisotopic (exact) mass is 276 g/mol. The number of primary amides is 1. The summed E-state index contributed by atoms with van der Waals surface area (Å²) in [4.78, 5) is 26.2. The fourth-order valence-corrected chi connectivity index (χ4v) is 1.89. The zero-order chi connectivity index (χ0) is 15.1. The number of carbonyl (C=O) groups is 2. The number of pyridine rings is 1. The molecule has 1 aromatic rings. The number of aromatic nitrogens is 1. The first-order valence-electron chi connectivity index (χ1n) is 6.29. The van der Waals surface area contributed by atoms with Crippen LogP contribution < -0.4 is 11.2 Å². The predicted octanol–water partition coefficient (Wildman–Crippen LogP) is 0.292. The zero-order valence-corrected chi connectivity index (χ0v) is 12.0. The Morgan fingerprint density at radius 1 is 1.25 bits per heavy atom. The van der Waals surface area contributed by atoms with Gasteiger partial charge >= 0.3 is 7.12 Å². The normalized spacial score (nSPS) is 19.9. The molecule has 0 unspecified atom stereocenters. The van der Waals surface area contributed by atoms with E-state index in [0.29, 0.717) is 11.7 Å². The lowest BCUT2D eigenvalue weighted by Crippen LogP contribution is -2.41. The van der Waals surface area contributed by atoms with Gasteiger partial charge in [0.1, 0.15) is 11.4 Å². The lowest BCUT2D eigenvalue weighted by Gasteiger charge is -2.32. The van der Waals surface area contributed by atoms with Gasteiger partial charge in [-0.15, -0.1) is 0 Å². The van der Waals surface area contributed by atoms with E-state index in [4.69, 9.17) is 15.0 Å². The van der Waals surface area contributed by atoms with Gasteiger partial charge in [-0.1, -0.05) is 6.07 Å². The first-order chi connectivity index (χ1) is 9.18. The maximum Gasteiger partial charge on any atom is 0.497 e. The number of carbonyl (C=O) groups excluding carboxylic acids is 2. The molecule has 1 amide bonds. The molecule has 106 valence electrons. The summed E-state index contributed by atoms with van der Waals surface area (Å²) in [5.74, 6) is -0.687. The molecular formula is C13H17BN2O4. The lowest BCUT2D eigenvalue weighted by atomic mass is 9.78. The van der Waals surface area contributed by atoms with Gasteiger partial charge in [0.2, 0.25) is 0 Å². The van der Waals surface area contributed by atoms with Crippen LogP contribution in [0.25, 0.3) is 0 Å². The highest BCUT2D eigenvalue weighted by Crippen LogP contribution is 2.36. The van der Waals surface area contributed by atoms with Crippen LogP contribution in [0.3, 0.4) is 0 Å². The molecule has 6 nitrogen and oxygen atoms in total. The van der Waals surface area contributed by atoms with Crippen molar-refractivity contribution in [3.05, 3.63) is 23.5 Å². The fourth-order valence-electron chi connectivity index (χ4n) is 1.89. The van der Waals surface area contributed by atoms with Crippen LogP contribution >= 0.6 is 0 Å².